The van der Waals surface area contributed by atoms with Crippen LogP contribution in [0.2, 0.25) is 0 Å². The third kappa shape index (κ3) is 5.37. The van der Waals surface area contributed by atoms with E-state index in [0.717, 1.165) is 30.7 Å². The molecule has 22 heavy (non-hydrogen) atoms. The van der Waals surface area contributed by atoms with Gasteiger partial charge in [0.05, 0.1) is 6.54 Å². The highest BCUT2D eigenvalue weighted by Crippen LogP contribution is 2.33. The zero-order valence-electron chi connectivity index (χ0n) is 14.0. The molecule has 1 unspecified atom stereocenters. The Morgan fingerprint density at radius 1 is 1.41 bits per heavy atom. The first kappa shape index (κ1) is 16.9. The van der Waals surface area contributed by atoms with E-state index < -0.39 is 5.60 Å². The molecule has 124 valence electrons. The van der Waals surface area contributed by atoms with Crippen molar-refractivity contribution in [3.05, 3.63) is 23.7 Å². The first-order valence-electron chi connectivity index (χ1n) is 8.32. The molecule has 1 atom stereocenters. The Morgan fingerprint density at radius 2 is 2.18 bits per heavy atom. The second-order valence-corrected chi connectivity index (χ2v) is 6.39. The van der Waals surface area contributed by atoms with Gasteiger partial charge in [0.2, 0.25) is 0 Å². The first-order valence-corrected chi connectivity index (χ1v) is 8.32. The van der Waals surface area contributed by atoms with Gasteiger partial charge in [0, 0.05) is 13.1 Å². The number of hydrogen-bond acceptors (Lipinski definition) is 3. The van der Waals surface area contributed by atoms with Crippen LogP contribution in [0.1, 0.15) is 51.1 Å². The van der Waals surface area contributed by atoms with Gasteiger partial charge < -0.3 is 20.2 Å². The van der Waals surface area contributed by atoms with Crippen LogP contribution in [0.5, 0.6) is 0 Å². The van der Waals surface area contributed by atoms with Gasteiger partial charge in [-0.2, -0.15) is 0 Å². The molecule has 0 aliphatic heterocycles. The van der Waals surface area contributed by atoms with Gasteiger partial charge >= 0.3 is 0 Å². The minimum absolute atomic E-state index is 0.262. The number of aliphatic hydroxyl groups is 1. The molecule has 3 N–H and O–H groups in total. The molecule has 1 heterocycles. The van der Waals surface area contributed by atoms with E-state index in [4.69, 9.17) is 4.42 Å². The van der Waals surface area contributed by atoms with Crippen LogP contribution >= 0.6 is 0 Å². The summed E-state index contributed by atoms with van der Waals surface area (Å²) in [6.45, 7) is 7.62. The lowest BCUT2D eigenvalue weighted by atomic mass is 10.0. The van der Waals surface area contributed by atoms with E-state index in [9.17, 15) is 5.11 Å². The van der Waals surface area contributed by atoms with E-state index in [2.05, 4.69) is 15.6 Å². The number of rotatable bonds is 8. The van der Waals surface area contributed by atoms with Gasteiger partial charge in [-0.15, -0.1) is 0 Å². The molecule has 5 nitrogen and oxygen atoms in total. The Bertz CT molecular complexity index is 490. The average molecular weight is 307 g/mol. The Hall–Kier alpha value is -1.49. The maximum atomic E-state index is 10.5. The van der Waals surface area contributed by atoms with Crippen molar-refractivity contribution in [1.82, 2.24) is 10.6 Å². The number of aryl methyl sites for hydroxylation is 1. The molecular formula is C17H29N3O2. The third-order valence-electron chi connectivity index (χ3n) is 3.94. The van der Waals surface area contributed by atoms with Crippen LogP contribution < -0.4 is 10.6 Å². The summed E-state index contributed by atoms with van der Waals surface area (Å²) in [5.74, 6) is 3.06. The average Bonchev–Trinajstić information content (AvgIpc) is 3.20. The molecule has 0 saturated heterocycles. The van der Waals surface area contributed by atoms with Crippen LogP contribution in [0.25, 0.3) is 0 Å². The summed E-state index contributed by atoms with van der Waals surface area (Å²) in [5.41, 5.74) is -1.09. The minimum atomic E-state index is -1.09. The standard InChI is InChI=1S/C17H29N3O2/c1-4-18-16(19-11-5-6-14-8-9-14)20-12-17(3,21)15-10-7-13(2)22-15/h7,10,14,21H,4-6,8-9,11-12H2,1-3H3,(H2,18,19,20). The largest absolute Gasteiger partial charge is 0.463 e. The lowest BCUT2D eigenvalue weighted by Crippen LogP contribution is -2.39. The quantitative estimate of drug-likeness (QED) is 0.392. The highest BCUT2D eigenvalue weighted by molar-refractivity contribution is 5.79. The molecule has 0 amide bonds. The second-order valence-electron chi connectivity index (χ2n) is 6.39. The number of aliphatic imine (C=N–C) groups is 1. The molecule has 0 aromatic carbocycles. The number of hydrogen-bond donors (Lipinski definition) is 3. The molecule has 1 fully saturated rings. The first-order chi connectivity index (χ1) is 10.5. The zero-order valence-corrected chi connectivity index (χ0v) is 14.0. The third-order valence-corrected chi connectivity index (χ3v) is 3.94. The maximum Gasteiger partial charge on any atom is 0.191 e. The molecule has 1 saturated carbocycles. The molecule has 1 aliphatic carbocycles. The summed E-state index contributed by atoms with van der Waals surface area (Å²) in [6.07, 6.45) is 5.28. The molecule has 1 aliphatic rings. The Morgan fingerprint density at radius 3 is 2.77 bits per heavy atom. The smallest absolute Gasteiger partial charge is 0.191 e. The normalized spacial score (nSPS) is 18.1. The van der Waals surface area contributed by atoms with Crippen LogP contribution in [0.4, 0.5) is 0 Å². The molecule has 1 aromatic heterocycles. The predicted octanol–water partition coefficient (Wildman–Crippen LogP) is 2.54. The SMILES string of the molecule is CCNC(=NCC(C)(O)c1ccc(C)o1)NCCCC1CC1. The summed E-state index contributed by atoms with van der Waals surface area (Å²) in [7, 11) is 0. The molecule has 2 rings (SSSR count). The van der Waals surface area contributed by atoms with Gasteiger partial charge in [-0.3, -0.25) is 0 Å². The van der Waals surface area contributed by atoms with Gasteiger partial charge in [-0.25, -0.2) is 4.99 Å². The summed E-state index contributed by atoms with van der Waals surface area (Å²) < 4.78 is 5.51. The van der Waals surface area contributed by atoms with Crippen molar-refractivity contribution >= 4 is 5.96 Å². The van der Waals surface area contributed by atoms with Gasteiger partial charge in [-0.05, 0) is 51.7 Å². The molecular weight excluding hydrogens is 278 g/mol. The topological polar surface area (TPSA) is 69.8 Å². The van der Waals surface area contributed by atoms with Crippen molar-refractivity contribution in [3.8, 4) is 0 Å². The summed E-state index contributed by atoms with van der Waals surface area (Å²) in [6, 6.07) is 3.66. The summed E-state index contributed by atoms with van der Waals surface area (Å²) in [5, 5.41) is 17.1. The van der Waals surface area contributed by atoms with Crippen LogP contribution in [-0.4, -0.2) is 30.7 Å². The number of guanidine groups is 1. The van der Waals surface area contributed by atoms with Crippen LogP contribution in [0, 0.1) is 12.8 Å². The van der Waals surface area contributed by atoms with Crippen molar-refractivity contribution in [1.29, 1.82) is 0 Å². The van der Waals surface area contributed by atoms with Gasteiger partial charge in [0.25, 0.3) is 0 Å². The monoisotopic (exact) mass is 307 g/mol. The molecule has 5 heteroatoms. The van der Waals surface area contributed by atoms with Crippen molar-refractivity contribution in [2.45, 2.75) is 52.1 Å². The van der Waals surface area contributed by atoms with E-state index in [0.29, 0.717) is 5.76 Å². The molecule has 1 aromatic rings. The second kappa shape index (κ2) is 7.68. The number of nitrogens with zero attached hydrogens (tertiary/aromatic N) is 1. The van der Waals surface area contributed by atoms with E-state index in [1.165, 1.54) is 25.7 Å². The van der Waals surface area contributed by atoms with Gasteiger partial charge in [0.15, 0.2) is 5.96 Å². The molecule has 0 spiro atoms. The maximum absolute atomic E-state index is 10.5. The summed E-state index contributed by atoms with van der Waals surface area (Å²) in [4.78, 5) is 4.49. The van der Waals surface area contributed by atoms with E-state index in [-0.39, 0.29) is 6.54 Å². The lowest BCUT2D eigenvalue weighted by Gasteiger charge is -2.19. The van der Waals surface area contributed by atoms with E-state index >= 15 is 0 Å². The van der Waals surface area contributed by atoms with Gasteiger partial charge in [-0.1, -0.05) is 12.8 Å². The highest BCUT2D eigenvalue weighted by atomic mass is 16.4. The van der Waals surface area contributed by atoms with E-state index in [1.54, 1.807) is 13.0 Å². The lowest BCUT2D eigenvalue weighted by molar-refractivity contribution is 0.0428. The number of nitrogens with one attached hydrogen (secondary N) is 2. The van der Waals surface area contributed by atoms with Gasteiger partial charge in [0.1, 0.15) is 17.1 Å². The Kier molecular flexibility index (Phi) is 5.89. The van der Waals surface area contributed by atoms with Crippen molar-refractivity contribution < 1.29 is 9.52 Å². The summed E-state index contributed by atoms with van der Waals surface area (Å²) >= 11 is 0. The fourth-order valence-electron chi connectivity index (χ4n) is 2.38. The minimum Gasteiger partial charge on any atom is -0.463 e. The molecule has 0 radical (unpaired) electrons. The fraction of sp³-hybridized carbons (Fsp3) is 0.706. The zero-order chi connectivity index (χ0) is 16.0. The van der Waals surface area contributed by atoms with E-state index in [1.807, 2.05) is 19.9 Å². The molecule has 0 bridgehead atoms. The van der Waals surface area contributed by atoms with Crippen molar-refractivity contribution in [2.75, 3.05) is 19.6 Å². The highest BCUT2D eigenvalue weighted by Gasteiger charge is 2.26. The van der Waals surface area contributed by atoms with Crippen LogP contribution in [0.3, 0.4) is 0 Å². The van der Waals surface area contributed by atoms with Crippen molar-refractivity contribution in [2.24, 2.45) is 10.9 Å². The Labute approximate surface area is 133 Å². The predicted molar refractivity (Wildman–Crippen MR) is 89.0 cm³/mol. The van der Waals surface area contributed by atoms with Crippen LogP contribution in [-0.2, 0) is 5.60 Å². The Balaban J connectivity index is 1.84. The van der Waals surface area contributed by atoms with Crippen molar-refractivity contribution in [3.63, 3.8) is 0 Å². The van der Waals surface area contributed by atoms with Crippen LogP contribution in [0.15, 0.2) is 21.5 Å². The fourth-order valence-corrected chi connectivity index (χ4v) is 2.38. The number of furan rings is 1.